The minimum absolute atomic E-state index is 0.104. The fourth-order valence-corrected chi connectivity index (χ4v) is 4.56. The van der Waals surface area contributed by atoms with E-state index in [9.17, 15) is 17.6 Å². The van der Waals surface area contributed by atoms with E-state index in [1.54, 1.807) is 0 Å². The number of carbonyl (C=O) groups excluding carboxylic acids is 1. The van der Waals surface area contributed by atoms with Crippen LogP contribution in [0.25, 0.3) is 0 Å². The number of carbonyl (C=O) groups is 1. The summed E-state index contributed by atoms with van der Waals surface area (Å²) in [6.07, 6.45) is 0. The third kappa shape index (κ3) is 5.25. The second-order valence-corrected chi connectivity index (χ2v) is 8.43. The van der Waals surface area contributed by atoms with Crippen LogP contribution in [0.2, 0.25) is 0 Å². The minimum Gasteiger partial charge on any atom is -0.369 e. The second-order valence-electron chi connectivity index (χ2n) is 6.68. The third-order valence-corrected chi connectivity index (χ3v) is 5.65. The number of benzene rings is 1. The zero-order valence-electron chi connectivity index (χ0n) is 13.9. The molecule has 1 aliphatic rings. The molecule has 1 heterocycles. The smallest absolute Gasteiger partial charge is 0.231 e. The normalized spacial score (nSPS) is 22.2. The third-order valence-electron chi connectivity index (χ3n) is 4.28. The van der Waals surface area contributed by atoms with Gasteiger partial charge in [0, 0.05) is 19.1 Å². The summed E-state index contributed by atoms with van der Waals surface area (Å²) in [6, 6.07) is 5.14. The van der Waals surface area contributed by atoms with Crippen LogP contribution >= 0.6 is 0 Å². The van der Waals surface area contributed by atoms with Gasteiger partial charge >= 0.3 is 0 Å². The molecule has 0 spiro atoms. The first-order valence-corrected chi connectivity index (χ1v) is 9.56. The number of nitrogens with one attached hydrogen (secondary N) is 1. The molecule has 1 saturated heterocycles. The van der Waals surface area contributed by atoms with Gasteiger partial charge in [0.05, 0.1) is 12.3 Å². The quantitative estimate of drug-likeness (QED) is 0.751. The van der Waals surface area contributed by atoms with Gasteiger partial charge in [-0.15, -0.1) is 0 Å². The van der Waals surface area contributed by atoms with Crippen LogP contribution in [-0.4, -0.2) is 44.9 Å². The van der Waals surface area contributed by atoms with Gasteiger partial charge in [-0.25, -0.2) is 17.5 Å². The van der Waals surface area contributed by atoms with E-state index in [2.05, 4.69) is 4.72 Å². The lowest BCUT2D eigenvalue weighted by atomic mass is 9.92. The van der Waals surface area contributed by atoms with Crippen LogP contribution in [0.1, 0.15) is 19.4 Å². The number of halogens is 1. The fraction of sp³-hybridized carbons (Fsp3) is 0.562. The van der Waals surface area contributed by atoms with Crippen molar-refractivity contribution in [2.45, 2.75) is 25.6 Å². The first-order chi connectivity index (χ1) is 11.2. The molecule has 0 aromatic heterocycles. The molecule has 134 valence electrons. The molecule has 0 unspecified atom stereocenters. The highest BCUT2D eigenvalue weighted by Crippen LogP contribution is 2.25. The molecule has 24 heavy (non-hydrogen) atoms. The van der Waals surface area contributed by atoms with Gasteiger partial charge in [-0.1, -0.05) is 26.0 Å². The molecule has 1 aromatic carbocycles. The molecule has 1 aromatic rings. The van der Waals surface area contributed by atoms with Crippen molar-refractivity contribution in [3.8, 4) is 0 Å². The van der Waals surface area contributed by atoms with E-state index in [1.165, 1.54) is 24.3 Å². The number of hydrogen-bond donors (Lipinski definition) is 2. The molecule has 0 bridgehead atoms. The summed E-state index contributed by atoms with van der Waals surface area (Å²) in [5.74, 6) is -0.660. The maximum atomic E-state index is 12.9. The summed E-state index contributed by atoms with van der Waals surface area (Å²) in [5, 5.41) is 0. The van der Waals surface area contributed by atoms with Crippen molar-refractivity contribution in [2.24, 2.45) is 17.6 Å². The lowest BCUT2D eigenvalue weighted by Crippen LogP contribution is -2.42. The van der Waals surface area contributed by atoms with Crippen molar-refractivity contribution in [3.05, 3.63) is 35.6 Å². The van der Waals surface area contributed by atoms with Crippen LogP contribution in [-0.2, 0) is 20.6 Å². The van der Waals surface area contributed by atoms with Gasteiger partial charge in [-0.3, -0.25) is 9.69 Å². The molecule has 6 nitrogen and oxygen atoms in total. The average molecular weight is 357 g/mol. The SMILES string of the molecule is CC(C)[C@H]1CN(CC(N)=O)C[C@@H]1NS(=O)(=O)Cc1ccc(F)cc1. The highest BCUT2D eigenvalue weighted by Gasteiger charge is 2.37. The van der Waals surface area contributed by atoms with Crippen molar-refractivity contribution in [1.29, 1.82) is 0 Å². The largest absolute Gasteiger partial charge is 0.369 e. The van der Waals surface area contributed by atoms with Crippen LogP contribution in [0.5, 0.6) is 0 Å². The van der Waals surface area contributed by atoms with Crippen molar-refractivity contribution in [3.63, 3.8) is 0 Å². The number of nitrogens with zero attached hydrogens (tertiary/aromatic N) is 1. The van der Waals surface area contributed by atoms with Crippen LogP contribution in [0.15, 0.2) is 24.3 Å². The number of sulfonamides is 1. The van der Waals surface area contributed by atoms with Gasteiger partial charge in [0.1, 0.15) is 5.82 Å². The van der Waals surface area contributed by atoms with Crippen molar-refractivity contribution < 1.29 is 17.6 Å². The maximum absolute atomic E-state index is 12.9. The first-order valence-electron chi connectivity index (χ1n) is 7.91. The number of primary amides is 1. The molecule has 2 atom stereocenters. The molecule has 0 saturated carbocycles. The highest BCUT2D eigenvalue weighted by molar-refractivity contribution is 7.88. The number of rotatable bonds is 7. The molecule has 1 aliphatic heterocycles. The Bertz CT molecular complexity index is 676. The van der Waals surface area contributed by atoms with Gasteiger partial charge in [-0.2, -0.15) is 0 Å². The van der Waals surface area contributed by atoms with Crippen molar-refractivity contribution in [1.82, 2.24) is 9.62 Å². The number of amides is 1. The van der Waals surface area contributed by atoms with E-state index in [1.807, 2.05) is 18.7 Å². The fourth-order valence-electron chi connectivity index (χ4n) is 3.14. The minimum atomic E-state index is -3.56. The summed E-state index contributed by atoms with van der Waals surface area (Å²) in [4.78, 5) is 13.0. The summed E-state index contributed by atoms with van der Waals surface area (Å²) < 4.78 is 40.5. The van der Waals surface area contributed by atoms with E-state index in [0.717, 1.165) is 0 Å². The van der Waals surface area contributed by atoms with E-state index in [4.69, 9.17) is 5.73 Å². The van der Waals surface area contributed by atoms with E-state index in [0.29, 0.717) is 18.7 Å². The van der Waals surface area contributed by atoms with Gasteiger partial charge in [0.15, 0.2) is 0 Å². The topological polar surface area (TPSA) is 92.5 Å². The van der Waals surface area contributed by atoms with Crippen LogP contribution in [0.3, 0.4) is 0 Å². The molecule has 8 heteroatoms. The summed E-state index contributed by atoms with van der Waals surface area (Å²) >= 11 is 0. The molecule has 0 radical (unpaired) electrons. The average Bonchev–Trinajstić information content (AvgIpc) is 2.82. The number of hydrogen-bond acceptors (Lipinski definition) is 4. The standard InChI is InChI=1S/C16H24FN3O3S/c1-11(2)14-7-20(9-16(18)21)8-15(14)19-24(22,23)10-12-3-5-13(17)6-4-12/h3-6,11,14-15,19H,7-10H2,1-2H3,(H2,18,21)/t14-,15+/m1/s1. The molecule has 1 amide bonds. The van der Waals surface area contributed by atoms with E-state index >= 15 is 0 Å². The Morgan fingerprint density at radius 3 is 2.50 bits per heavy atom. The molecule has 1 fully saturated rings. The molecular formula is C16H24FN3O3S. The lowest BCUT2D eigenvalue weighted by Gasteiger charge is -2.22. The van der Waals surface area contributed by atoms with E-state index in [-0.39, 0.29) is 30.2 Å². The van der Waals surface area contributed by atoms with Crippen molar-refractivity contribution >= 4 is 15.9 Å². The first kappa shape index (κ1) is 18.8. The molecule has 3 N–H and O–H groups in total. The van der Waals surface area contributed by atoms with Crippen LogP contribution in [0.4, 0.5) is 4.39 Å². The molecule has 0 aliphatic carbocycles. The summed E-state index contributed by atoms with van der Waals surface area (Å²) in [6.45, 7) is 5.26. The number of nitrogens with two attached hydrogens (primary N) is 1. The van der Waals surface area contributed by atoms with Gasteiger partial charge < -0.3 is 5.73 Å². The van der Waals surface area contributed by atoms with Crippen LogP contribution in [0, 0.1) is 17.7 Å². The molecular weight excluding hydrogens is 333 g/mol. The maximum Gasteiger partial charge on any atom is 0.231 e. The Morgan fingerprint density at radius 2 is 1.96 bits per heavy atom. The lowest BCUT2D eigenvalue weighted by molar-refractivity contribution is -0.118. The summed E-state index contributed by atoms with van der Waals surface area (Å²) in [7, 11) is -3.56. The number of likely N-dealkylation sites (tertiary alicyclic amines) is 1. The van der Waals surface area contributed by atoms with Gasteiger partial charge in [0.25, 0.3) is 0 Å². The van der Waals surface area contributed by atoms with Gasteiger partial charge in [0.2, 0.25) is 15.9 Å². The highest BCUT2D eigenvalue weighted by atomic mass is 32.2. The Balaban J connectivity index is 2.05. The Kier molecular flexibility index (Phi) is 5.95. The summed E-state index contributed by atoms with van der Waals surface area (Å²) in [5.41, 5.74) is 5.76. The van der Waals surface area contributed by atoms with E-state index < -0.39 is 21.7 Å². The zero-order chi connectivity index (χ0) is 17.9. The Hall–Kier alpha value is -1.51. The zero-order valence-corrected chi connectivity index (χ0v) is 14.7. The monoisotopic (exact) mass is 357 g/mol. The predicted octanol–water partition coefficient (Wildman–Crippen LogP) is 0.687. The van der Waals surface area contributed by atoms with Crippen molar-refractivity contribution in [2.75, 3.05) is 19.6 Å². The second kappa shape index (κ2) is 7.58. The van der Waals surface area contributed by atoms with Gasteiger partial charge in [-0.05, 0) is 29.5 Å². The molecule has 2 rings (SSSR count). The Morgan fingerprint density at radius 1 is 1.33 bits per heavy atom. The van der Waals surface area contributed by atoms with Crippen LogP contribution < -0.4 is 10.5 Å². The predicted molar refractivity (Wildman–Crippen MR) is 89.9 cm³/mol. The Labute approximate surface area is 142 Å².